The fraction of sp³-hybridized carbons (Fsp3) is 0.643. The van der Waals surface area contributed by atoms with E-state index in [9.17, 15) is 4.79 Å². The number of nitrogens with one attached hydrogen (secondary N) is 1. The van der Waals surface area contributed by atoms with E-state index in [1.807, 2.05) is 17.5 Å². The first kappa shape index (κ1) is 12.8. The lowest BCUT2D eigenvalue weighted by atomic mass is 9.97. The molecule has 1 aromatic rings. The maximum absolute atomic E-state index is 11.9. The highest BCUT2D eigenvalue weighted by atomic mass is 32.1. The van der Waals surface area contributed by atoms with E-state index in [2.05, 4.69) is 5.32 Å². The Kier molecular flexibility index (Phi) is 5.20. The molecule has 1 heterocycles. The van der Waals surface area contributed by atoms with Gasteiger partial charge in [-0.25, -0.2) is 0 Å². The van der Waals surface area contributed by atoms with E-state index in [0.717, 1.165) is 4.88 Å². The van der Waals surface area contributed by atoms with Crippen LogP contribution in [0.15, 0.2) is 17.5 Å². The van der Waals surface area contributed by atoms with Crippen molar-refractivity contribution in [3.63, 3.8) is 0 Å². The molecule has 94 valence electrons. The second-order valence-electron chi connectivity index (χ2n) is 4.82. The van der Waals surface area contributed by atoms with Crippen molar-refractivity contribution in [3.05, 3.63) is 22.4 Å². The van der Waals surface area contributed by atoms with Crippen LogP contribution < -0.4 is 5.32 Å². The second-order valence-corrected chi connectivity index (χ2v) is 5.77. The molecular formula is C14H21NOS. The van der Waals surface area contributed by atoms with Crippen LogP contribution in [0.25, 0.3) is 0 Å². The van der Waals surface area contributed by atoms with Crippen molar-refractivity contribution in [1.29, 1.82) is 0 Å². The van der Waals surface area contributed by atoms with Gasteiger partial charge in [0.25, 0.3) is 0 Å². The fourth-order valence-electron chi connectivity index (χ4n) is 2.42. The zero-order valence-electron chi connectivity index (χ0n) is 10.3. The molecule has 0 radical (unpaired) electrons. The summed E-state index contributed by atoms with van der Waals surface area (Å²) in [5.74, 6) is 0.238. The van der Waals surface area contributed by atoms with Crippen LogP contribution in [0.5, 0.6) is 0 Å². The first-order valence-electron chi connectivity index (χ1n) is 6.66. The molecule has 1 saturated carbocycles. The standard InChI is InChI=1S/C14H21NOS/c16-13(14-9-6-10-17-14)11-15-12-7-4-2-1-3-5-8-12/h6,9-10,12,15H,1-5,7-8,11H2. The highest BCUT2D eigenvalue weighted by molar-refractivity contribution is 7.12. The number of carbonyl (C=O) groups is 1. The Hall–Kier alpha value is -0.670. The van der Waals surface area contributed by atoms with E-state index in [-0.39, 0.29) is 5.78 Å². The molecule has 1 N–H and O–H groups in total. The third-order valence-electron chi connectivity index (χ3n) is 3.45. The number of ketones is 1. The van der Waals surface area contributed by atoms with E-state index in [1.165, 1.54) is 56.3 Å². The van der Waals surface area contributed by atoms with E-state index >= 15 is 0 Å². The molecule has 0 unspecified atom stereocenters. The minimum Gasteiger partial charge on any atom is -0.307 e. The molecule has 0 atom stereocenters. The van der Waals surface area contributed by atoms with E-state index in [4.69, 9.17) is 0 Å². The highest BCUT2D eigenvalue weighted by Crippen LogP contribution is 2.17. The predicted molar refractivity (Wildman–Crippen MR) is 72.8 cm³/mol. The fourth-order valence-corrected chi connectivity index (χ4v) is 3.09. The average molecular weight is 251 g/mol. The van der Waals surface area contributed by atoms with Gasteiger partial charge in [-0.1, -0.05) is 38.2 Å². The van der Waals surface area contributed by atoms with Crippen LogP contribution in [0.3, 0.4) is 0 Å². The summed E-state index contributed by atoms with van der Waals surface area (Å²) >= 11 is 1.54. The van der Waals surface area contributed by atoms with Crippen molar-refractivity contribution in [3.8, 4) is 0 Å². The third kappa shape index (κ3) is 4.25. The van der Waals surface area contributed by atoms with Crippen LogP contribution in [0.4, 0.5) is 0 Å². The lowest BCUT2D eigenvalue weighted by molar-refractivity contribution is 0.0989. The zero-order valence-corrected chi connectivity index (χ0v) is 11.1. The summed E-state index contributed by atoms with van der Waals surface area (Å²) in [4.78, 5) is 12.7. The van der Waals surface area contributed by atoms with Crippen molar-refractivity contribution < 1.29 is 4.79 Å². The van der Waals surface area contributed by atoms with Crippen LogP contribution >= 0.6 is 11.3 Å². The number of hydrogen-bond acceptors (Lipinski definition) is 3. The van der Waals surface area contributed by atoms with Gasteiger partial charge in [-0.05, 0) is 24.3 Å². The van der Waals surface area contributed by atoms with Gasteiger partial charge in [0.05, 0.1) is 11.4 Å². The summed E-state index contributed by atoms with van der Waals surface area (Å²) in [6, 6.07) is 4.40. The van der Waals surface area contributed by atoms with Crippen LogP contribution in [0.1, 0.15) is 54.6 Å². The van der Waals surface area contributed by atoms with E-state index < -0.39 is 0 Å². The first-order chi connectivity index (χ1) is 8.36. The number of Topliss-reactive ketones (excluding diaryl/α,β-unsaturated/α-hetero) is 1. The Morgan fingerprint density at radius 2 is 1.94 bits per heavy atom. The van der Waals surface area contributed by atoms with E-state index in [0.29, 0.717) is 12.6 Å². The molecule has 0 amide bonds. The molecular weight excluding hydrogens is 230 g/mol. The summed E-state index contributed by atoms with van der Waals surface area (Å²) in [6.45, 7) is 0.505. The molecule has 17 heavy (non-hydrogen) atoms. The van der Waals surface area contributed by atoms with Gasteiger partial charge in [0.15, 0.2) is 5.78 Å². The molecule has 0 bridgehead atoms. The topological polar surface area (TPSA) is 29.1 Å². The smallest absolute Gasteiger partial charge is 0.186 e. The van der Waals surface area contributed by atoms with Crippen LogP contribution in [-0.4, -0.2) is 18.4 Å². The minimum absolute atomic E-state index is 0.238. The van der Waals surface area contributed by atoms with Crippen LogP contribution in [0, 0.1) is 0 Å². The Morgan fingerprint density at radius 3 is 2.59 bits per heavy atom. The Balaban J connectivity index is 1.74. The van der Waals surface area contributed by atoms with Crippen molar-refractivity contribution in [2.75, 3.05) is 6.54 Å². The molecule has 0 aromatic carbocycles. The Bertz CT molecular complexity index is 326. The summed E-state index contributed by atoms with van der Waals surface area (Å²) in [6.07, 6.45) is 9.19. The number of thiophene rings is 1. The molecule has 0 aliphatic heterocycles. The minimum atomic E-state index is 0.238. The monoisotopic (exact) mass is 251 g/mol. The first-order valence-corrected chi connectivity index (χ1v) is 7.54. The maximum Gasteiger partial charge on any atom is 0.186 e. The normalized spacial score (nSPS) is 18.6. The molecule has 0 spiro atoms. The third-order valence-corrected chi connectivity index (χ3v) is 4.36. The predicted octanol–water partition coefficient (Wildman–Crippen LogP) is 3.63. The van der Waals surface area contributed by atoms with Gasteiger partial charge in [-0.3, -0.25) is 4.79 Å². The second kappa shape index (κ2) is 6.92. The van der Waals surface area contributed by atoms with E-state index in [1.54, 1.807) is 0 Å². The summed E-state index contributed by atoms with van der Waals surface area (Å²) < 4.78 is 0. The quantitative estimate of drug-likeness (QED) is 0.828. The summed E-state index contributed by atoms with van der Waals surface area (Å²) in [5.41, 5.74) is 0. The van der Waals surface area contributed by atoms with Crippen LogP contribution in [-0.2, 0) is 0 Å². The Labute approximate surface area is 107 Å². The van der Waals surface area contributed by atoms with Crippen molar-refractivity contribution in [2.24, 2.45) is 0 Å². The maximum atomic E-state index is 11.9. The number of rotatable bonds is 4. The zero-order chi connectivity index (χ0) is 11.9. The van der Waals surface area contributed by atoms with Gasteiger partial charge >= 0.3 is 0 Å². The SMILES string of the molecule is O=C(CNC1CCCCCCC1)c1cccs1. The largest absolute Gasteiger partial charge is 0.307 e. The van der Waals surface area contributed by atoms with Gasteiger partial charge < -0.3 is 5.32 Å². The average Bonchev–Trinajstić information content (AvgIpc) is 2.80. The van der Waals surface area contributed by atoms with Gasteiger partial charge in [-0.15, -0.1) is 11.3 Å². The molecule has 0 saturated heterocycles. The molecule has 1 aliphatic rings. The van der Waals surface area contributed by atoms with Crippen LogP contribution in [0.2, 0.25) is 0 Å². The van der Waals surface area contributed by atoms with Crippen molar-refractivity contribution in [2.45, 2.75) is 51.0 Å². The number of carbonyl (C=O) groups excluding carboxylic acids is 1. The van der Waals surface area contributed by atoms with Crippen molar-refractivity contribution in [1.82, 2.24) is 5.32 Å². The molecule has 3 heteroatoms. The summed E-state index contributed by atoms with van der Waals surface area (Å²) in [5, 5.41) is 5.40. The molecule has 1 fully saturated rings. The molecule has 1 aromatic heterocycles. The molecule has 2 rings (SSSR count). The lowest BCUT2D eigenvalue weighted by Gasteiger charge is -2.20. The van der Waals surface area contributed by atoms with Crippen molar-refractivity contribution >= 4 is 17.1 Å². The lowest BCUT2D eigenvalue weighted by Crippen LogP contribution is -2.34. The van der Waals surface area contributed by atoms with Gasteiger partial charge in [0, 0.05) is 6.04 Å². The Morgan fingerprint density at radius 1 is 1.24 bits per heavy atom. The highest BCUT2D eigenvalue weighted by Gasteiger charge is 2.13. The summed E-state index contributed by atoms with van der Waals surface area (Å²) in [7, 11) is 0. The molecule has 2 nitrogen and oxygen atoms in total. The van der Waals surface area contributed by atoms with Gasteiger partial charge in [0.1, 0.15) is 0 Å². The molecule has 1 aliphatic carbocycles. The number of hydrogen-bond donors (Lipinski definition) is 1. The van der Waals surface area contributed by atoms with Gasteiger partial charge in [0.2, 0.25) is 0 Å². The van der Waals surface area contributed by atoms with Gasteiger partial charge in [-0.2, -0.15) is 0 Å².